The molecule has 6 nitrogen and oxygen atoms in total. The molecule has 126 valence electrons. The molecule has 0 bridgehead atoms. The van der Waals surface area contributed by atoms with E-state index in [4.69, 9.17) is 14.9 Å². The minimum atomic E-state index is -0.971. The van der Waals surface area contributed by atoms with E-state index in [1.54, 1.807) is 12.1 Å². The monoisotopic (exact) mass is 336 g/mol. The van der Waals surface area contributed by atoms with Gasteiger partial charge in [0.15, 0.2) is 5.76 Å². The van der Waals surface area contributed by atoms with Crippen molar-refractivity contribution < 1.29 is 19.2 Å². The average molecular weight is 336 g/mol. The molecule has 2 amide bonds. The molecule has 6 heteroatoms. The van der Waals surface area contributed by atoms with Gasteiger partial charge in [-0.2, -0.15) is 5.06 Å². The average Bonchev–Trinajstić information content (AvgIpc) is 3.06. The lowest BCUT2D eigenvalue weighted by Gasteiger charge is -2.14. The highest BCUT2D eigenvalue weighted by Gasteiger charge is 2.12. The van der Waals surface area contributed by atoms with Crippen molar-refractivity contribution in [3.8, 4) is 23.5 Å². The highest BCUT2D eigenvalue weighted by Crippen LogP contribution is 2.26. The molecule has 25 heavy (non-hydrogen) atoms. The van der Waals surface area contributed by atoms with Crippen molar-refractivity contribution in [2.24, 2.45) is 5.73 Å². The summed E-state index contributed by atoms with van der Waals surface area (Å²) in [5.74, 6) is 6.66. The number of furan rings is 1. The summed E-state index contributed by atoms with van der Waals surface area (Å²) in [4.78, 5) is 10.8. The second kappa shape index (κ2) is 6.99. The molecule has 0 fully saturated rings. The van der Waals surface area contributed by atoms with Gasteiger partial charge in [-0.15, -0.1) is 0 Å². The fraction of sp³-hybridized carbons (Fsp3) is 0.105. The number of carbonyl (C=O) groups is 1. The normalized spacial score (nSPS) is 11.4. The van der Waals surface area contributed by atoms with E-state index in [0.717, 1.165) is 10.8 Å². The maximum Gasteiger partial charge on any atom is 0.339 e. The number of carbonyl (C=O) groups excluding carboxylic acids is 1. The van der Waals surface area contributed by atoms with Crippen molar-refractivity contribution in [2.45, 2.75) is 13.0 Å². The lowest BCUT2D eigenvalue weighted by atomic mass is 10.1. The zero-order chi connectivity index (χ0) is 17.8. The summed E-state index contributed by atoms with van der Waals surface area (Å²) < 4.78 is 11.2. The van der Waals surface area contributed by atoms with Crippen LogP contribution in [0.25, 0.3) is 10.8 Å². The minimum Gasteiger partial charge on any atom is -0.426 e. The first-order valence-corrected chi connectivity index (χ1v) is 7.58. The zero-order valence-corrected chi connectivity index (χ0v) is 13.5. The molecule has 0 aliphatic carbocycles. The quantitative estimate of drug-likeness (QED) is 0.433. The van der Waals surface area contributed by atoms with Gasteiger partial charge in [-0.25, -0.2) is 4.79 Å². The highest BCUT2D eigenvalue weighted by molar-refractivity contribution is 5.83. The molecule has 3 aromatic rings. The molecule has 0 radical (unpaired) electrons. The maximum absolute atomic E-state index is 10.8. The molecule has 0 spiro atoms. The van der Waals surface area contributed by atoms with Crippen LogP contribution in [0.4, 0.5) is 4.79 Å². The number of nitrogens with two attached hydrogens (primary N) is 1. The molecule has 3 rings (SSSR count). The van der Waals surface area contributed by atoms with Crippen LogP contribution in [0.3, 0.4) is 0 Å². The Kier molecular flexibility index (Phi) is 4.59. The summed E-state index contributed by atoms with van der Waals surface area (Å²) in [7, 11) is 0. The third-order valence-corrected chi connectivity index (χ3v) is 3.52. The maximum atomic E-state index is 10.8. The van der Waals surface area contributed by atoms with Gasteiger partial charge in [0.25, 0.3) is 5.95 Å². The lowest BCUT2D eigenvalue weighted by molar-refractivity contribution is -0.0536. The van der Waals surface area contributed by atoms with Gasteiger partial charge in [-0.1, -0.05) is 36.3 Å². The summed E-state index contributed by atoms with van der Waals surface area (Å²) in [6, 6.07) is 15.3. The molecule has 0 saturated carbocycles. The number of benzene rings is 2. The number of rotatable bonds is 3. The Bertz CT molecular complexity index is 968. The van der Waals surface area contributed by atoms with Gasteiger partial charge in [-0.3, -0.25) is 5.21 Å². The van der Waals surface area contributed by atoms with Gasteiger partial charge in [0, 0.05) is 6.07 Å². The van der Waals surface area contributed by atoms with Gasteiger partial charge in [0.05, 0.1) is 0 Å². The van der Waals surface area contributed by atoms with Crippen molar-refractivity contribution in [2.75, 3.05) is 0 Å². The van der Waals surface area contributed by atoms with E-state index in [9.17, 15) is 10.0 Å². The van der Waals surface area contributed by atoms with Gasteiger partial charge in [0.1, 0.15) is 11.8 Å². The van der Waals surface area contributed by atoms with E-state index in [2.05, 4.69) is 11.8 Å². The van der Waals surface area contributed by atoms with Crippen LogP contribution in [-0.4, -0.2) is 22.3 Å². The standard InChI is InChI=1S/C19H16N2O4/c1-13(21(23)19(20)22)6-8-16-10-11-18(24-16)25-17-9-7-14-4-2-3-5-15(14)12-17/h2-5,7,9-13,23H,1H3,(H2,20,22). The summed E-state index contributed by atoms with van der Waals surface area (Å²) in [5, 5.41) is 11.9. The molecule has 0 saturated heterocycles. The van der Waals surface area contributed by atoms with E-state index >= 15 is 0 Å². The fourth-order valence-electron chi connectivity index (χ4n) is 2.22. The Morgan fingerprint density at radius 3 is 2.72 bits per heavy atom. The summed E-state index contributed by atoms with van der Waals surface area (Å²) in [6.07, 6.45) is 0. The van der Waals surface area contributed by atoms with Crippen LogP contribution in [0, 0.1) is 11.8 Å². The van der Waals surface area contributed by atoms with Crippen LogP contribution >= 0.6 is 0 Å². The Labute approximate surface area is 144 Å². The predicted octanol–water partition coefficient (Wildman–Crippen LogP) is 3.74. The number of fused-ring (bicyclic) bond motifs is 1. The number of amides is 2. The third-order valence-electron chi connectivity index (χ3n) is 3.52. The number of hydroxylamine groups is 2. The SMILES string of the molecule is CC(C#Cc1ccc(Oc2ccc3ccccc3c2)o1)N(O)C(N)=O. The van der Waals surface area contributed by atoms with E-state index in [1.807, 2.05) is 42.5 Å². The number of ether oxygens (including phenoxy) is 1. The Morgan fingerprint density at radius 2 is 1.96 bits per heavy atom. The van der Waals surface area contributed by atoms with E-state index in [1.165, 1.54) is 6.92 Å². The predicted molar refractivity (Wildman–Crippen MR) is 92.3 cm³/mol. The third kappa shape index (κ3) is 3.91. The smallest absolute Gasteiger partial charge is 0.339 e. The molecular weight excluding hydrogens is 320 g/mol. The molecule has 0 aliphatic heterocycles. The van der Waals surface area contributed by atoms with Crippen LogP contribution < -0.4 is 10.5 Å². The van der Waals surface area contributed by atoms with E-state index in [-0.39, 0.29) is 0 Å². The first-order chi connectivity index (χ1) is 12.0. The van der Waals surface area contributed by atoms with Gasteiger partial charge in [-0.05, 0) is 41.8 Å². The molecule has 1 atom stereocenters. The molecule has 3 N–H and O–H groups in total. The van der Waals surface area contributed by atoms with Crippen LogP contribution in [0.5, 0.6) is 11.7 Å². The number of primary amides is 1. The van der Waals surface area contributed by atoms with Crippen LogP contribution in [-0.2, 0) is 0 Å². The van der Waals surface area contributed by atoms with Crippen LogP contribution in [0.2, 0.25) is 0 Å². The second-order valence-corrected chi connectivity index (χ2v) is 5.36. The first kappa shape index (κ1) is 16.4. The Hall–Kier alpha value is -3.43. The molecule has 2 aromatic carbocycles. The number of urea groups is 1. The number of hydrogen-bond acceptors (Lipinski definition) is 4. The van der Waals surface area contributed by atoms with Crippen molar-refractivity contribution in [3.05, 3.63) is 60.4 Å². The lowest BCUT2D eigenvalue weighted by Crippen LogP contribution is -2.38. The van der Waals surface area contributed by atoms with E-state index in [0.29, 0.717) is 22.5 Å². The van der Waals surface area contributed by atoms with Crippen LogP contribution in [0.1, 0.15) is 12.7 Å². The summed E-state index contributed by atoms with van der Waals surface area (Å²) >= 11 is 0. The van der Waals surface area contributed by atoms with Crippen LogP contribution in [0.15, 0.2) is 59.0 Å². The zero-order valence-electron chi connectivity index (χ0n) is 13.5. The second-order valence-electron chi connectivity index (χ2n) is 5.36. The molecule has 1 unspecified atom stereocenters. The Balaban J connectivity index is 1.72. The first-order valence-electron chi connectivity index (χ1n) is 7.58. The summed E-state index contributed by atoms with van der Waals surface area (Å²) in [5.41, 5.74) is 4.96. The van der Waals surface area contributed by atoms with Gasteiger partial charge in [0.2, 0.25) is 0 Å². The van der Waals surface area contributed by atoms with Crippen molar-refractivity contribution in [1.29, 1.82) is 0 Å². The van der Waals surface area contributed by atoms with Crippen molar-refractivity contribution in [1.82, 2.24) is 5.06 Å². The largest absolute Gasteiger partial charge is 0.426 e. The highest BCUT2D eigenvalue weighted by atomic mass is 16.6. The van der Waals surface area contributed by atoms with Gasteiger partial charge < -0.3 is 14.9 Å². The van der Waals surface area contributed by atoms with E-state index < -0.39 is 12.1 Å². The summed E-state index contributed by atoms with van der Waals surface area (Å²) in [6.45, 7) is 1.53. The fourth-order valence-corrected chi connectivity index (χ4v) is 2.22. The topological polar surface area (TPSA) is 88.9 Å². The minimum absolute atomic E-state index is 0.294. The number of nitrogens with zero attached hydrogens (tertiary/aromatic N) is 1. The Morgan fingerprint density at radius 1 is 1.20 bits per heavy atom. The molecular formula is C19H16N2O4. The van der Waals surface area contributed by atoms with Crippen molar-refractivity contribution in [3.63, 3.8) is 0 Å². The molecule has 1 aromatic heterocycles. The molecule has 1 heterocycles. The number of hydrogen-bond donors (Lipinski definition) is 2. The van der Waals surface area contributed by atoms with Crippen molar-refractivity contribution >= 4 is 16.8 Å². The molecule has 0 aliphatic rings. The van der Waals surface area contributed by atoms with Gasteiger partial charge >= 0.3 is 6.03 Å².